The molecule has 0 saturated heterocycles. The Kier molecular flexibility index (Phi) is 13.5. The van der Waals surface area contributed by atoms with Gasteiger partial charge in [0.25, 0.3) is 0 Å². The molecule has 0 heterocycles. The minimum Gasteiger partial charge on any atom is -0.294 e. The van der Waals surface area contributed by atoms with Gasteiger partial charge in [0.15, 0.2) is 0 Å². The van der Waals surface area contributed by atoms with Crippen LogP contribution in [0.4, 0.5) is 0 Å². The van der Waals surface area contributed by atoms with E-state index >= 15 is 0 Å². The molecule has 0 aliphatic rings. The van der Waals surface area contributed by atoms with Gasteiger partial charge in [0.1, 0.15) is 0 Å². The molecule has 0 radical (unpaired) electrons. The third-order valence-electron chi connectivity index (χ3n) is 3.74. The summed E-state index contributed by atoms with van der Waals surface area (Å²) in [7, 11) is 0. The van der Waals surface area contributed by atoms with Crippen LogP contribution in [0.15, 0.2) is 9.98 Å². The number of unbranched alkanes of at least 4 members (excludes halogenated alkanes) is 5. The lowest BCUT2D eigenvalue weighted by atomic mass is 10.1. The van der Waals surface area contributed by atoms with Gasteiger partial charge in [0, 0.05) is 24.5 Å². The van der Waals surface area contributed by atoms with E-state index in [2.05, 4.69) is 51.5 Å². The summed E-state index contributed by atoms with van der Waals surface area (Å²) in [6.45, 7) is 15.4. The Labute approximate surface area is 139 Å². The predicted molar refractivity (Wildman–Crippen MR) is 103 cm³/mol. The highest BCUT2D eigenvalue weighted by Gasteiger charge is 1.98. The molecule has 0 spiro atoms. The zero-order valence-electron chi connectivity index (χ0n) is 16.1. The summed E-state index contributed by atoms with van der Waals surface area (Å²) in [5.41, 5.74) is 2.65. The van der Waals surface area contributed by atoms with E-state index < -0.39 is 0 Å². The van der Waals surface area contributed by atoms with E-state index in [1.165, 1.54) is 49.9 Å². The van der Waals surface area contributed by atoms with Crippen molar-refractivity contribution in [2.75, 3.05) is 13.1 Å². The molecule has 2 nitrogen and oxygen atoms in total. The molecule has 0 fully saturated rings. The van der Waals surface area contributed by atoms with Crippen LogP contribution in [-0.2, 0) is 0 Å². The molecule has 2 heteroatoms. The van der Waals surface area contributed by atoms with Gasteiger partial charge in [-0.1, -0.05) is 53.4 Å². The fraction of sp³-hybridized carbons (Fsp3) is 0.900. The first kappa shape index (κ1) is 21.3. The van der Waals surface area contributed by atoms with Crippen molar-refractivity contribution in [3.8, 4) is 0 Å². The molecule has 0 atom stereocenters. The van der Waals surface area contributed by atoms with Crippen LogP contribution < -0.4 is 0 Å². The molecule has 0 amide bonds. The topological polar surface area (TPSA) is 24.7 Å². The van der Waals surface area contributed by atoms with Gasteiger partial charge in [-0.25, -0.2) is 0 Å². The lowest BCUT2D eigenvalue weighted by Crippen LogP contribution is -1.99. The molecule has 0 aliphatic heterocycles. The number of hydrogen-bond acceptors (Lipinski definition) is 2. The summed E-state index contributed by atoms with van der Waals surface area (Å²) >= 11 is 0. The van der Waals surface area contributed by atoms with Crippen LogP contribution in [0.3, 0.4) is 0 Å². The van der Waals surface area contributed by atoms with Crippen molar-refractivity contribution in [1.29, 1.82) is 0 Å². The first-order chi connectivity index (χ1) is 10.4. The van der Waals surface area contributed by atoms with Gasteiger partial charge in [0.2, 0.25) is 0 Å². The van der Waals surface area contributed by atoms with E-state index in [4.69, 9.17) is 0 Å². The summed E-state index contributed by atoms with van der Waals surface area (Å²) in [6, 6.07) is 0. The predicted octanol–water partition coefficient (Wildman–Crippen LogP) is 6.34. The minimum absolute atomic E-state index is 0.732. The summed E-state index contributed by atoms with van der Waals surface area (Å²) in [6.07, 6.45) is 10.2. The molecular formula is C20H40N2. The lowest BCUT2D eigenvalue weighted by molar-refractivity contribution is 0.600. The molecule has 0 aromatic rings. The van der Waals surface area contributed by atoms with E-state index in [0.29, 0.717) is 0 Å². The number of nitrogens with zero attached hydrogens (tertiary/aromatic N) is 2. The zero-order valence-corrected chi connectivity index (χ0v) is 16.1. The Bertz CT molecular complexity index is 282. The number of aliphatic imine (C=N–C) groups is 2. The maximum atomic E-state index is 4.65. The summed E-state index contributed by atoms with van der Waals surface area (Å²) in [5.74, 6) is 1.46. The van der Waals surface area contributed by atoms with Crippen LogP contribution in [0, 0.1) is 11.8 Å². The van der Waals surface area contributed by atoms with E-state index in [-0.39, 0.29) is 0 Å². The SMILES string of the molecule is CC(CC(C)C)=NCCCCCCCCN=C(C)CC(C)C. The van der Waals surface area contributed by atoms with Crippen molar-refractivity contribution in [2.24, 2.45) is 21.8 Å². The summed E-state index contributed by atoms with van der Waals surface area (Å²) in [5, 5.41) is 0. The maximum absolute atomic E-state index is 4.65. The van der Waals surface area contributed by atoms with E-state index in [0.717, 1.165) is 37.8 Å². The van der Waals surface area contributed by atoms with E-state index in [1.807, 2.05) is 0 Å². The van der Waals surface area contributed by atoms with Crippen LogP contribution >= 0.6 is 0 Å². The molecule has 0 aliphatic carbocycles. The molecule has 130 valence electrons. The van der Waals surface area contributed by atoms with Gasteiger partial charge in [0.05, 0.1) is 0 Å². The van der Waals surface area contributed by atoms with Gasteiger partial charge in [-0.15, -0.1) is 0 Å². The average molecular weight is 309 g/mol. The molecule has 0 saturated carbocycles. The molecule has 0 aromatic carbocycles. The quantitative estimate of drug-likeness (QED) is 0.280. The Hall–Kier alpha value is -0.660. The maximum Gasteiger partial charge on any atom is 0.0388 e. The first-order valence-corrected chi connectivity index (χ1v) is 9.41. The standard InChI is InChI=1S/C20H40N2/c1-17(2)15-19(5)21-13-11-9-7-8-10-12-14-22-20(6)16-18(3)4/h17-18H,7-16H2,1-6H3. The Balaban J connectivity index is 3.41. The second-order valence-corrected chi connectivity index (χ2v) is 7.55. The normalized spacial score (nSPS) is 13.5. The monoisotopic (exact) mass is 308 g/mol. The van der Waals surface area contributed by atoms with Crippen LogP contribution in [0.5, 0.6) is 0 Å². The van der Waals surface area contributed by atoms with Gasteiger partial charge in [-0.05, 0) is 51.4 Å². The van der Waals surface area contributed by atoms with Crippen LogP contribution in [0.1, 0.15) is 92.9 Å². The highest BCUT2D eigenvalue weighted by molar-refractivity contribution is 5.82. The fourth-order valence-corrected chi connectivity index (χ4v) is 2.78. The fourth-order valence-electron chi connectivity index (χ4n) is 2.78. The molecule has 0 unspecified atom stereocenters. The second-order valence-electron chi connectivity index (χ2n) is 7.55. The van der Waals surface area contributed by atoms with Crippen molar-refractivity contribution in [1.82, 2.24) is 0 Å². The van der Waals surface area contributed by atoms with Crippen LogP contribution in [-0.4, -0.2) is 24.5 Å². The van der Waals surface area contributed by atoms with Crippen molar-refractivity contribution < 1.29 is 0 Å². The molecule has 22 heavy (non-hydrogen) atoms. The van der Waals surface area contributed by atoms with Crippen molar-refractivity contribution in [3.63, 3.8) is 0 Å². The zero-order chi connectivity index (χ0) is 16.8. The molecule has 0 aromatic heterocycles. The average Bonchev–Trinajstić information content (AvgIpc) is 2.39. The smallest absolute Gasteiger partial charge is 0.0388 e. The molecule has 0 rings (SSSR count). The Morgan fingerprint density at radius 1 is 0.591 bits per heavy atom. The molecular weight excluding hydrogens is 268 g/mol. The van der Waals surface area contributed by atoms with Gasteiger partial charge >= 0.3 is 0 Å². The molecule has 0 N–H and O–H groups in total. The van der Waals surface area contributed by atoms with E-state index in [9.17, 15) is 0 Å². The van der Waals surface area contributed by atoms with Crippen LogP contribution in [0.2, 0.25) is 0 Å². The number of rotatable bonds is 13. The van der Waals surface area contributed by atoms with Gasteiger partial charge < -0.3 is 0 Å². The summed E-state index contributed by atoms with van der Waals surface area (Å²) < 4.78 is 0. The van der Waals surface area contributed by atoms with Crippen LogP contribution in [0.25, 0.3) is 0 Å². The first-order valence-electron chi connectivity index (χ1n) is 9.41. The van der Waals surface area contributed by atoms with Crippen molar-refractivity contribution >= 4 is 11.4 Å². The third kappa shape index (κ3) is 15.7. The van der Waals surface area contributed by atoms with E-state index in [1.54, 1.807) is 0 Å². The van der Waals surface area contributed by atoms with Gasteiger partial charge in [-0.2, -0.15) is 0 Å². The van der Waals surface area contributed by atoms with Crippen molar-refractivity contribution in [3.05, 3.63) is 0 Å². The highest BCUT2D eigenvalue weighted by Crippen LogP contribution is 2.07. The number of hydrogen-bond donors (Lipinski definition) is 0. The van der Waals surface area contributed by atoms with Crippen molar-refractivity contribution in [2.45, 2.75) is 92.9 Å². The Morgan fingerprint density at radius 3 is 1.23 bits per heavy atom. The minimum atomic E-state index is 0.732. The lowest BCUT2D eigenvalue weighted by Gasteiger charge is -2.05. The largest absolute Gasteiger partial charge is 0.294 e. The highest BCUT2D eigenvalue weighted by atomic mass is 14.7. The van der Waals surface area contributed by atoms with Gasteiger partial charge in [-0.3, -0.25) is 9.98 Å². The molecule has 0 bridgehead atoms. The second kappa shape index (κ2) is 14.0. The summed E-state index contributed by atoms with van der Waals surface area (Å²) in [4.78, 5) is 9.31. The third-order valence-corrected chi connectivity index (χ3v) is 3.74. The Morgan fingerprint density at radius 2 is 0.909 bits per heavy atom.